The summed E-state index contributed by atoms with van der Waals surface area (Å²) in [5, 5.41) is 2.71. The predicted molar refractivity (Wildman–Crippen MR) is 92.6 cm³/mol. The zero-order valence-corrected chi connectivity index (χ0v) is 14.8. The van der Waals surface area contributed by atoms with Crippen molar-refractivity contribution in [3.63, 3.8) is 0 Å². The molecule has 3 rings (SSSR count). The van der Waals surface area contributed by atoms with Gasteiger partial charge in [-0.3, -0.25) is 9.59 Å². The molecule has 1 N–H and O–H groups in total. The van der Waals surface area contributed by atoms with Gasteiger partial charge in [-0.05, 0) is 42.9 Å². The van der Waals surface area contributed by atoms with Crippen molar-refractivity contribution in [1.29, 1.82) is 0 Å². The monoisotopic (exact) mass is 377 g/mol. The van der Waals surface area contributed by atoms with Crippen molar-refractivity contribution in [1.82, 2.24) is 15.2 Å². The average Bonchev–Trinajstić information content (AvgIpc) is 3.21. The van der Waals surface area contributed by atoms with E-state index in [1.165, 1.54) is 18.7 Å². The summed E-state index contributed by atoms with van der Waals surface area (Å²) in [4.78, 5) is 29.8. The Kier molecular flexibility index (Phi) is 6.16. The first-order valence-corrected chi connectivity index (χ1v) is 8.91. The van der Waals surface area contributed by atoms with Gasteiger partial charge in [-0.1, -0.05) is 6.07 Å². The van der Waals surface area contributed by atoms with E-state index in [1.54, 1.807) is 4.90 Å². The summed E-state index contributed by atoms with van der Waals surface area (Å²) in [6.45, 7) is 1.39. The van der Waals surface area contributed by atoms with Crippen molar-refractivity contribution in [2.45, 2.75) is 32.2 Å². The Morgan fingerprint density at radius 2 is 2.15 bits per heavy atom. The van der Waals surface area contributed by atoms with E-state index in [0.29, 0.717) is 31.5 Å². The smallest absolute Gasteiger partial charge is 0.291 e. The van der Waals surface area contributed by atoms with Crippen LogP contribution in [-0.4, -0.2) is 34.8 Å². The predicted octanol–water partition coefficient (Wildman–Crippen LogP) is 2.90. The van der Waals surface area contributed by atoms with Gasteiger partial charge in [-0.25, -0.2) is 13.8 Å². The molecule has 144 valence electrons. The van der Waals surface area contributed by atoms with E-state index in [4.69, 9.17) is 4.42 Å². The molecule has 2 heterocycles. The molecule has 0 spiro atoms. The molecule has 1 unspecified atom stereocenters. The number of hydrogen-bond acceptors (Lipinski definition) is 4. The molecular weight excluding hydrogens is 356 g/mol. The van der Waals surface area contributed by atoms with Crippen molar-refractivity contribution < 1.29 is 22.8 Å². The van der Waals surface area contributed by atoms with E-state index < -0.39 is 11.6 Å². The van der Waals surface area contributed by atoms with E-state index in [1.807, 2.05) is 0 Å². The fraction of sp³-hybridized carbons (Fsp3) is 0.421. The van der Waals surface area contributed by atoms with E-state index in [0.717, 1.165) is 25.0 Å². The van der Waals surface area contributed by atoms with Crippen LogP contribution >= 0.6 is 0 Å². The number of likely N-dealkylation sites (tertiary alicyclic amines) is 1. The summed E-state index contributed by atoms with van der Waals surface area (Å²) in [5.41, 5.74) is 0.503. The van der Waals surface area contributed by atoms with E-state index in [-0.39, 0.29) is 30.0 Å². The third-order valence-corrected chi connectivity index (χ3v) is 4.70. The van der Waals surface area contributed by atoms with Gasteiger partial charge in [-0.15, -0.1) is 0 Å². The molecule has 1 aromatic heterocycles. The minimum Gasteiger partial charge on any atom is -0.438 e. The quantitative estimate of drug-likeness (QED) is 0.840. The number of piperidine rings is 1. The summed E-state index contributed by atoms with van der Waals surface area (Å²) >= 11 is 0. The summed E-state index contributed by atoms with van der Waals surface area (Å²) in [6.07, 6.45) is 5.43. The molecule has 1 atom stereocenters. The Bertz CT molecular complexity index is 796. The number of rotatable bonds is 6. The lowest BCUT2D eigenvalue weighted by molar-refractivity contribution is -0.121. The van der Waals surface area contributed by atoms with Crippen molar-refractivity contribution in [3.05, 3.63) is 53.7 Å². The number of amides is 2. The number of carbonyl (C=O) groups is 2. The molecule has 0 aliphatic carbocycles. The highest BCUT2D eigenvalue weighted by Crippen LogP contribution is 2.22. The summed E-state index contributed by atoms with van der Waals surface area (Å²) in [5.74, 6) is -1.72. The molecule has 1 aliphatic rings. The molecule has 0 bridgehead atoms. The SMILES string of the molecule is O=C(CCC1CCCN(C(=O)c2cnco2)C1)NCc1ccc(F)c(F)c1. The molecule has 2 amide bonds. The zero-order valence-electron chi connectivity index (χ0n) is 14.8. The number of halogens is 2. The van der Waals surface area contributed by atoms with Crippen LogP contribution in [0.2, 0.25) is 0 Å². The average molecular weight is 377 g/mol. The van der Waals surface area contributed by atoms with Gasteiger partial charge in [0.05, 0.1) is 6.20 Å². The lowest BCUT2D eigenvalue weighted by Crippen LogP contribution is -2.40. The van der Waals surface area contributed by atoms with Crippen LogP contribution in [-0.2, 0) is 11.3 Å². The van der Waals surface area contributed by atoms with Gasteiger partial charge in [0.15, 0.2) is 18.0 Å². The molecular formula is C19H21F2N3O3. The van der Waals surface area contributed by atoms with Crippen LogP contribution in [0.25, 0.3) is 0 Å². The highest BCUT2D eigenvalue weighted by molar-refractivity contribution is 5.91. The molecule has 1 aliphatic heterocycles. The van der Waals surface area contributed by atoms with Gasteiger partial charge >= 0.3 is 0 Å². The van der Waals surface area contributed by atoms with Crippen LogP contribution in [0.3, 0.4) is 0 Å². The molecule has 8 heteroatoms. The van der Waals surface area contributed by atoms with Crippen molar-refractivity contribution >= 4 is 11.8 Å². The number of carbonyl (C=O) groups excluding carboxylic acids is 2. The minimum atomic E-state index is -0.930. The van der Waals surface area contributed by atoms with Crippen LogP contribution < -0.4 is 5.32 Å². The number of nitrogens with one attached hydrogen (secondary N) is 1. The first-order valence-electron chi connectivity index (χ1n) is 8.91. The van der Waals surface area contributed by atoms with Gasteiger partial charge < -0.3 is 14.6 Å². The molecule has 0 saturated carbocycles. The lowest BCUT2D eigenvalue weighted by Gasteiger charge is -2.32. The maximum absolute atomic E-state index is 13.2. The number of hydrogen-bond donors (Lipinski definition) is 1. The first kappa shape index (κ1) is 19.0. The fourth-order valence-electron chi connectivity index (χ4n) is 3.24. The van der Waals surface area contributed by atoms with Gasteiger partial charge in [-0.2, -0.15) is 0 Å². The third-order valence-electron chi connectivity index (χ3n) is 4.70. The topological polar surface area (TPSA) is 75.4 Å². The Morgan fingerprint density at radius 3 is 2.89 bits per heavy atom. The highest BCUT2D eigenvalue weighted by atomic mass is 19.2. The Labute approximate surface area is 155 Å². The molecule has 1 aromatic carbocycles. The maximum atomic E-state index is 13.2. The van der Waals surface area contributed by atoms with Gasteiger partial charge in [0.25, 0.3) is 5.91 Å². The Balaban J connectivity index is 1.43. The summed E-state index contributed by atoms with van der Waals surface area (Å²) in [6, 6.07) is 3.55. The molecule has 0 radical (unpaired) electrons. The lowest BCUT2D eigenvalue weighted by atomic mass is 9.93. The fourth-order valence-corrected chi connectivity index (χ4v) is 3.24. The number of benzene rings is 1. The van der Waals surface area contributed by atoms with Crippen LogP contribution in [0.1, 0.15) is 41.8 Å². The second-order valence-corrected chi connectivity index (χ2v) is 6.69. The van der Waals surface area contributed by atoms with Gasteiger partial charge in [0.2, 0.25) is 11.7 Å². The van der Waals surface area contributed by atoms with E-state index in [9.17, 15) is 18.4 Å². The molecule has 27 heavy (non-hydrogen) atoms. The van der Waals surface area contributed by atoms with Crippen LogP contribution in [0.4, 0.5) is 8.78 Å². The van der Waals surface area contributed by atoms with Crippen molar-refractivity contribution in [3.8, 4) is 0 Å². The van der Waals surface area contributed by atoms with E-state index >= 15 is 0 Å². The molecule has 1 saturated heterocycles. The van der Waals surface area contributed by atoms with Gasteiger partial charge in [0.1, 0.15) is 0 Å². The maximum Gasteiger partial charge on any atom is 0.291 e. The normalized spacial score (nSPS) is 17.0. The van der Waals surface area contributed by atoms with Gasteiger partial charge in [0, 0.05) is 26.1 Å². The zero-order chi connectivity index (χ0) is 19.2. The molecule has 1 fully saturated rings. The third kappa shape index (κ3) is 5.12. The Hall–Kier alpha value is -2.77. The number of oxazole rings is 1. The van der Waals surface area contributed by atoms with Crippen molar-refractivity contribution in [2.75, 3.05) is 13.1 Å². The second kappa shape index (κ2) is 8.75. The highest BCUT2D eigenvalue weighted by Gasteiger charge is 2.26. The molecule has 6 nitrogen and oxygen atoms in total. The van der Waals surface area contributed by atoms with E-state index in [2.05, 4.69) is 10.3 Å². The standard InChI is InChI=1S/C19H21F2N3O3/c20-15-5-3-14(8-16(15)21)9-23-18(25)6-4-13-2-1-7-24(11-13)19(26)17-10-22-12-27-17/h3,5,8,10,12-13H,1-2,4,6-7,9,11H2,(H,23,25). The molecule has 2 aromatic rings. The second-order valence-electron chi connectivity index (χ2n) is 6.69. The number of aromatic nitrogens is 1. The Morgan fingerprint density at radius 1 is 1.30 bits per heavy atom. The van der Waals surface area contributed by atoms with Crippen LogP contribution in [0, 0.1) is 17.6 Å². The minimum absolute atomic E-state index is 0.150. The summed E-state index contributed by atoms with van der Waals surface area (Å²) in [7, 11) is 0. The number of nitrogens with zero attached hydrogens (tertiary/aromatic N) is 2. The first-order chi connectivity index (χ1) is 13.0. The van der Waals surface area contributed by atoms with Crippen LogP contribution in [0.15, 0.2) is 35.2 Å². The largest absolute Gasteiger partial charge is 0.438 e. The van der Waals surface area contributed by atoms with Crippen molar-refractivity contribution in [2.24, 2.45) is 5.92 Å². The summed E-state index contributed by atoms with van der Waals surface area (Å²) < 4.78 is 31.1. The van der Waals surface area contributed by atoms with Crippen LogP contribution in [0.5, 0.6) is 0 Å².